The summed E-state index contributed by atoms with van der Waals surface area (Å²) in [7, 11) is 0. The number of carboxylic acids is 1. The van der Waals surface area contributed by atoms with Crippen molar-refractivity contribution in [1.29, 1.82) is 0 Å². The van der Waals surface area contributed by atoms with Gasteiger partial charge in [0.25, 0.3) is 0 Å². The van der Waals surface area contributed by atoms with Crippen LogP contribution < -0.4 is 0 Å². The highest BCUT2D eigenvalue weighted by Gasteiger charge is 2.20. The zero-order valence-corrected chi connectivity index (χ0v) is 12.3. The number of aromatic carboxylic acids is 1. The summed E-state index contributed by atoms with van der Waals surface area (Å²) < 4.78 is 8.43. The Morgan fingerprint density at radius 2 is 2.32 bits per heavy atom. The molecule has 6 heteroatoms. The molecule has 1 N–H and O–H groups in total. The highest BCUT2D eigenvalue weighted by atomic mass is 127. The van der Waals surface area contributed by atoms with Crippen molar-refractivity contribution in [2.45, 2.75) is 25.5 Å². The minimum Gasteiger partial charge on any atom is -0.478 e. The van der Waals surface area contributed by atoms with E-state index in [2.05, 4.69) is 27.7 Å². The summed E-state index contributed by atoms with van der Waals surface area (Å²) in [4.78, 5) is 11.0. The van der Waals surface area contributed by atoms with Gasteiger partial charge in [0.1, 0.15) is 3.70 Å². The van der Waals surface area contributed by atoms with Gasteiger partial charge in [-0.1, -0.05) is 0 Å². The highest BCUT2D eigenvalue weighted by Crippen LogP contribution is 2.29. The first-order valence-corrected chi connectivity index (χ1v) is 7.27. The van der Waals surface area contributed by atoms with Gasteiger partial charge >= 0.3 is 5.97 Å². The third kappa shape index (κ3) is 2.34. The SMILES string of the molecule is O=C(O)c1ccc2c(c1)c(I)nn2C1CCCCO1. The molecule has 19 heavy (non-hydrogen) atoms. The summed E-state index contributed by atoms with van der Waals surface area (Å²) >= 11 is 2.13. The van der Waals surface area contributed by atoms with Gasteiger partial charge in [0.2, 0.25) is 0 Å². The summed E-state index contributed by atoms with van der Waals surface area (Å²) in [5.41, 5.74) is 1.22. The smallest absolute Gasteiger partial charge is 0.335 e. The summed E-state index contributed by atoms with van der Waals surface area (Å²) in [5.74, 6) is -0.917. The topological polar surface area (TPSA) is 64.3 Å². The van der Waals surface area contributed by atoms with Crippen molar-refractivity contribution in [3.63, 3.8) is 0 Å². The lowest BCUT2D eigenvalue weighted by Crippen LogP contribution is -2.19. The third-order valence-electron chi connectivity index (χ3n) is 3.34. The molecule has 0 amide bonds. The second-order valence-electron chi connectivity index (χ2n) is 4.59. The average molecular weight is 372 g/mol. The molecule has 1 unspecified atom stereocenters. The molecule has 1 aromatic carbocycles. The Hall–Kier alpha value is -1.15. The number of ether oxygens (including phenoxy) is 1. The Kier molecular flexibility index (Phi) is 3.44. The van der Waals surface area contributed by atoms with Gasteiger partial charge in [-0.15, -0.1) is 0 Å². The number of fused-ring (bicyclic) bond motifs is 1. The molecule has 100 valence electrons. The van der Waals surface area contributed by atoms with Crippen LogP contribution in [0.1, 0.15) is 35.8 Å². The van der Waals surface area contributed by atoms with E-state index in [1.807, 2.05) is 10.7 Å². The lowest BCUT2D eigenvalue weighted by molar-refractivity contribution is -0.0368. The van der Waals surface area contributed by atoms with E-state index in [0.717, 1.165) is 40.5 Å². The molecule has 5 nitrogen and oxygen atoms in total. The number of halogens is 1. The maximum atomic E-state index is 11.0. The predicted molar refractivity (Wildman–Crippen MR) is 78.2 cm³/mol. The molecule has 3 rings (SSSR count). The van der Waals surface area contributed by atoms with Gasteiger partial charge in [-0.05, 0) is 60.1 Å². The lowest BCUT2D eigenvalue weighted by Gasteiger charge is -2.23. The van der Waals surface area contributed by atoms with Crippen LogP contribution in [0.3, 0.4) is 0 Å². The van der Waals surface area contributed by atoms with Gasteiger partial charge in [0, 0.05) is 12.0 Å². The first-order valence-electron chi connectivity index (χ1n) is 6.19. The normalized spacial score (nSPS) is 19.7. The molecule has 2 aromatic rings. The second-order valence-corrected chi connectivity index (χ2v) is 5.62. The molecular formula is C13H13IN2O3. The molecule has 0 bridgehead atoms. The molecule has 1 fully saturated rings. The standard InChI is InChI=1S/C13H13IN2O3/c14-12-9-7-8(13(17)18)4-5-10(9)16(15-12)11-3-1-2-6-19-11/h4-5,7,11H,1-3,6H2,(H,17,18). The lowest BCUT2D eigenvalue weighted by atomic mass is 10.1. The van der Waals surface area contributed by atoms with Gasteiger partial charge in [-0.2, -0.15) is 5.10 Å². The molecule has 0 radical (unpaired) electrons. The van der Waals surface area contributed by atoms with E-state index in [9.17, 15) is 4.79 Å². The predicted octanol–water partition coefficient (Wildman–Crippen LogP) is 3.04. The average Bonchev–Trinajstić information content (AvgIpc) is 2.77. The quantitative estimate of drug-likeness (QED) is 0.824. The fourth-order valence-electron chi connectivity index (χ4n) is 2.37. The van der Waals surface area contributed by atoms with Gasteiger partial charge in [0.15, 0.2) is 6.23 Å². The van der Waals surface area contributed by atoms with E-state index in [1.165, 1.54) is 0 Å². The van der Waals surface area contributed by atoms with Crippen molar-refractivity contribution >= 4 is 39.5 Å². The molecule has 0 spiro atoms. The number of nitrogens with zero attached hydrogens (tertiary/aromatic N) is 2. The second kappa shape index (κ2) is 5.09. The van der Waals surface area contributed by atoms with E-state index >= 15 is 0 Å². The number of carbonyl (C=O) groups is 1. The third-order valence-corrected chi connectivity index (χ3v) is 4.13. The van der Waals surface area contributed by atoms with Crippen molar-refractivity contribution in [1.82, 2.24) is 9.78 Å². The first kappa shape index (κ1) is 12.9. The minimum atomic E-state index is -0.917. The van der Waals surface area contributed by atoms with Crippen molar-refractivity contribution < 1.29 is 14.6 Å². The van der Waals surface area contributed by atoms with E-state index < -0.39 is 5.97 Å². The van der Waals surface area contributed by atoms with Crippen LogP contribution in [-0.4, -0.2) is 27.5 Å². The van der Waals surface area contributed by atoms with Crippen LogP contribution in [0.2, 0.25) is 0 Å². The molecule has 2 heterocycles. The zero-order valence-electron chi connectivity index (χ0n) is 10.2. The van der Waals surface area contributed by atoms with Crippen LogP contribution in [-0.2, 0) is 4.74 Å². The number of benzene rings is 1. The van der Waals surface area contributed by atoms with E-state index in [0.29, 0.717) is 0 Å². The maximum Gasteiger partial charge on any atom is 0.335 e. The Bertz CT molecular complexity index is 632. The number of hydrogen-bond acceptors (Lipinski definition) is 3. The number of hydrogen-bond donors (Lipinski definition) is 1. The minimum absolute atomic E-state index is 0.0320. The fraction of sp³-hybridized carbons (Fsp3) is 0.385. The van der Waals surface area contributed by atoms with Crippen LogP contribution in [0.5, 0.6) is 0 Å². The number of carboxylic acid groups (broad SMARTS) is 1. The van der Waals surface area contributed by atoms with Crippen LogP contribution in [0.25, 0.3) is 10.9 Å². The molecule has 1 saturated heterocycles. The highest BCUT2D eigenvalue weighted by molar-refractivity contribution is 14.1. The van der Waals surface area contributed by atoms with Crippen molar-refractivity contribution in [2.24, 2.45) is 0 Å². The Labute approximate surface area is 123 Å². The number of aromatic nitrogens is 2. The van der Waals surface area contributed by atoms with Crippen LogP contribution in [0.4, 0.5) is 0 Å². The molecule has 0 aliphatic carbocycles. The van der Waals surface area contributed by atoms with Crippen molar-refractivity contribution in [3.8, 4) is 0 Å². The zero-order chi connectivity index (χ0) is 13.4. The largest absolute Gasteiger partial charge is 0.478 e. The van der Waals surface area contributed by atoms with E-state index in [-0.39, 0.29) is 11.8 Å². The Morgan fingerprint density at radius 3 is 3.00 bits per heavy atom. The molecule has 1 atom stereocenters. The monoisotopic (exact) mass is 372 g/mol. The summed E-state index contributed by atoms with van der Waals surface area (Å²) in [6.45, 7) is 0.760. The summed E-state index contributed by atoms with van der Waals surface area (Å²) in [6.07, 6.45) is 3.15. The maximum absolute atomic E-state index is 11.0. The summed E-state index contributed by atoms with van der Waals surface area (Å²) in [5, 5.41) is 14.4. The Balaban J connectivity index is 2.08. The van der Waals surface area contributed by atoms with Crippen LogP contribution >= 0.6 is 22.6 Å². The Morgan fingerprint density at radius 1 is 1.47 bits per heavy atom. The van der Waals surface area contributed by atoms with Gasteiger partial charge < -0.3 is 9.84 Å². The van der Waals surface area contributed by atoms with Crippen molar-refractivity contribution in [3.05, 3.63) is 27.5 Å². The van der Waals surface area contributed by atoms with Gasteiger partial charge in [-0.3, -0.25) is 0 Å². The summed E-state index contributed by atoms with van der Waals surface area (Å²) in [6, 6.07) is 5.10. The van der Waals surface area contributed by atoms with E-state index in [1.54, 1.807) is 12.1 Å². The van der Waals surface area contributed by atoms with Crippen molar-refractivity contribution in [2.75, 3.05) is 6.61 Å². The molecule has 0 saturated carbocycles. The van der Waals surface area contributed by atoms with Crippen LogP contribution in [0.15, 0.2) is 18.2 Å². The van der Waals surface area contributed by atoms with Crippen LogP contribution in [0, 0.1) is 3.70 Å². The van der Waals surface area contributed by atoms with E-state index in [4.69, 9.17) is 9.84 Å². The molecular weight excluding hydrogens is 359 g/mol. The van der Waals surface area contributed by atoms with Gasteiger partial charge in [0.05, 0.1) is 11.1 Å². The molecule has 1 aliphatic rings. The molecule has 1 aliphatic heterocycles. The molecule has 1 aromatic heterocycles. The first-order chi connectivity index (χ1) is 9.16. The fourth-order valence-corrected chi connectivity index (χ4v) is 3.04. The van der Waals surface area contributed by atoms with Gasteiger partial charge in [-0.25, -0.2) is 9.48 Å². The number of rotatable bonds is 2.